The Morgan fingerprint density at radius 3 is 2.77 bits per heavy atom. The molecule has 0 radical (unpaired) electrons. The van der Waals surface area contributed by atoms with Crippen LogP contribution in [0.4, 0.5) is 0 Å². The van der Waals surface area contributed by atoms with Gasteiger partial charge in [-0.05, 0) is 19.9 Å². The quantitative estimate of drug-likeness (QED) is 0.589. The van der Waals surface area contributed by atoms with Gasteiger partial charge in [0.2, 0.25) is 5.91 Å². The lowest BCUT2D eigenvalue weighted by molar-refractivity contribution is -0.121. The number of rotatable bonds is 6. The molecule has 1 aliphatic carbocycles. The molecular weight excluding hydrogens is 166 g/mol. The summed E-state index contributed by atoms with van der Waals surface area (Å²) in [5.74, 6) is 0.173. The summed E-state index contributed by atoms with van der Waals surface area (Å²) in [4.78, 5) is 13.3. The maximum absolute atomic E-state index is 11.2. The third-order valence-corrected chi connectivity index (χ3v) is 2.17. The molecule has 0 aromatic rings. The largest absolute Gasteiger partial charge is 0.353 e. The Morgan fingerprint density at radius 1 is 1.54 bits per heavy atom. The summed E-state index contributed by atoms with van der Waals surface area (Å²) in [5.41, 5.74) is 5.38. The number of nitrogens with one attached hydrogen (secondary N) is 1. The van der Waals surface area contributed by atoms with Crippen molar-refractivity contribution in [3.8, 4) is 0 Å². The number of hydrogen-bond acceptors (Lipinski definition) is 3. The monoisotopic (exact) mass is 185 g/mol. The fourth-order valence-corrected chi connectivity index (χ4v) is 1.15. The van der Waals surface area contributed by atoms with Crippen molar-refractivity contribution < 1.29 is 4.79 Å². The van der Waals surface area contributed by atoms with E-state index in [1.165, 1.54) is 0 Å². The lowest BCUT2D eigenvalue weighted by Crippen LogP contribution is -2.32. The topological polar surface area (TPSA) is 58.4 Å². The minimum atomic E-state index is 0.173. The Labute approximate surface area is 79.5 Å². The van der Waals surface area contributed by atoms with Gasteiger partial charge in [0.1, 0.15) is 0 Å². The fourth-order valence-electron chi connectivity index (χ4n) is 1.15. The minimum absolute atomic E-state index is 0.173. The minimum Gasteiger partial charge on any atom is -0.353 e. The molecule has 1 saturated carbocycles. The van der Waals surface area contributed by atoms with Gasteiger partial charge in [0, 0.05) is 32.1 Å². The van der Waals surface area contributed by atoms with Crippen molar-refractivity contribution in [1.29, 1.82) is 0 Å². The van der Waals surface area contributed by atoms with Gasteiger partial charge >= 0.3 is 0 Å². The van der Waals surface area contributed by atoms with E-state index in [4.69, 9.17) is 5.73 Å². The van der Waals surface area contributed by atoms with E-state index in [-0.39, 0.29) is 5.91 Å². The Hall–Kier alpha value is -0.610. The van der Waals surface area contributed by atoms with Crippen LogP contribution in [-0.2, 0) is 4.79 Å². The SMILES string of the molecule is CN(CCN)CCC(=O)NC1CC1. The molecule has 0 aromatic carbocycles. The van der Waals surface area contributed by atoms with E-state index >= 15 is 0 Å². The first-order valence-electron chi connectivity index (χ1n) is 4.90. The van der Waals surface area contributed by atoms with Crippen LogP contribution in [0.15, 0.2) is 0 Å². The molecular formula is C9H19N3O. The van der Waals surface area contributed by atoms with Gasteiger partial charge in [-0.1, -0.05) is 0 Å². The first kappa shape index (κ1) is 10.5. The van der Waals surface area contributed by atoms with Crippen LogP contribution in [0.2, 0.25) is 0 Å². The predicted molar refractivity (Wildman–Crippen MR) is 52.3 cm³/mol. The van der Waals surface area contributed by atoms with Gasteiger partial charge in [0.25, 0.3) is 0 Å². The number of hydrogen-bond donors (Lipinski definition) is 2. The number of nitrogens with zero attached hydrogens (tertiary/aromatic N) is 1. The molecule has 1 aliphatic rings. The van der Waals surface area contributed by atoms with E-state index in [0.717, 1.165) is 25.9 Å². The van der Waals surface area contributed by atoms with Crippen molar-refractivity contribution in [3.05, 3.63) is 0 Å². The second-order valence-electron chi connectivity index (χ2n) is 3.68. The van der Waals surface area contributed by atoms with Crippen LogP contribution in [0.3, 0.4) is 0 Å². The molecule has 0 bridgehead atoms. The number of amides is 1. The molecule has 0 unspecified atom stereocenters. The third-order valence-electron chi connectivity index (χ3n) is 2.17. The molecule has 1 fully saturated rings. The summed E-state index contributed by atoms with van der Waals surface area (Å²) < 4.78 is 0. The zero-order valence-corrected chi connectivity index (χ0v) is 8.25. The summed E-state index contributed by atoms with van der Waals surface area (Å²) in [5, 5.41) is 2.95. The molecule has 1 amide bonds. The van der Waals surface area contributed by atoms with Gasteiger partial charge in [-0.15, -0.1) is 0 Å². The zero-order valence-electron chi connectivity index (χ0n) is 8.25. The third kappa shape index (κ3) is 4.85. The Bertz CT molecular complexity index is 168. The molecule has 0 heterocycles. The highest BCUT2D eigenvalue weighted by Crippen LogP contribution is 2.18. The highest BCUT2D eigenvalue weighted by Gasteiger charge is 2.22. The Balaban J connectivity index is 1.99. The molecule has 1 rings (SSSR count). The number of carbonyl (C=O) groups is 1. The molecule has 0 atom stereocenters. The van der Waals surface area contributed by atoms with Crippen LogP contribution in [-0.4, -0.2) is 43.5 Å². The highest BCUT2D eigenvalue weighted by molar-refractivity contribution is 5.76. The number of nitrogens with two attached hydrogens (primary N) is 1. The van der Waals surface area contributed by atoms with E-state index < -0.39 is 0 Å². The Kier molecular flexibility index (Phi) is 4.18. The van der Waals surface area contributed by atoms with Gasteiger partial charge < -0.3 is 16.0 Å². The van der Waals surface area contributed by atoms with E-state index in [1.54, 1.807) is 0 Å². The average Bonchev–Trinajstić information content (AvgIpc) is 2.85. The fraction of sp³-hybridized carbons (Fsp3) is 0.889. The van der Waals surface area contributed by atoms with Crippen LogP contribution >= 0.6 is 0 Å². The summed E-state index contributed by atoms with van der Waals surface area (Å²) in [6.07, 6.45) is 2.90. The van der Waals surface area contributed by atoms with Crippen LogP contribution < -0.4 is 11.1 Å². The van der Waals surface area contributed by atoms with Gasteiger partial charge in [-0.25, -0.2) is 0 Å². The first-order valence-corrected chi connectivity index (χ1v) is 4.90. The maximum Gasteiger partial charge on any atom is 0.221 e. The van der Waals surface area contributed by atoms with Crippen LogP contribution in [0, 0.1) is 0 Å². The van der Waals surface area contributed by atoms with Crippen molar-refractivity contribution in [3.63, 3.8) is 0 Å². The van der Waals surface area contributed by atoms with Gasteiger partial charge in [0.15, 0.2) is 0 Å². The van der Waals surface area contributed by atoms with E-state index in [1.807, 2.05) is 7.05 Å². The summed E-state index contributed by atoms with van der Waals surface area (Å²) in [6, 6.07) is 0.479. The normalized spacial score (nSPS) is 16.2. The summed E-state index contributed by atoms with van der Waals surface area (Å²) >= 11 is 0. The van der Waals surface area contributed by atoms with Gasteiger partial charge in [-0.3, -0.25) is 4.79 Å². The van der Waals surface area contributed by atoms with Gasteiger partial charge in [0.05, 0.1) is 0 Å². The molecule has 0 spiro atoms. The summed E-state index contributed by atoms with van der Waals surface area (Å²) in [7, 11) is 1.98. The molecule has 4 heteroatoms. The second-order valence-corrected chi connectivity index (χ2v) is 3.68. The molecule has 0 aliphatic heterocycles. The molecule has 3 N–H and O–H groups in total. The van der Waals surface area contributed by atoms with Gasteiger partial charge in [-0.2, -0.15) is 0 Å². The van der Waals surface area contributed by atoms with Crippen molar-refractivity contribution >= 4 is 5.91 Å². The highest BCUT2D eigenvalue weighted by atomic mass is 16.1. The maximum atomic E-state index is 11.2. The van der Waals surface area contributed by atoms with Crippen LogP contribution in [0.1, 0.15) is 19.3 Å². The first-order chi connectivity index (χ1) is 6.22. The van der Waals surface area contributed by atoms with E-state index in [9.17, 15) is 4.79 Å². The molecule has 13 heavy (non-hydrogen) atoms. The van der Waals surface area contributed by atoms with Crippen LogP contribution in [0.25, 0.3) is 0 Å². The van der Waals surface area contributed by atoms with E-state index in [0.29, 0.717) is 19.0 Å². The molecule has 4 nitrogen and oxygen atoms in total. The van der Waals surface area contributed by atoms with Crippen LogP contribution in [0.5, 0.6) is 0 Å². The lowest BCUT2D eigenvalue weighted by atomic mass is 10.3. The summed E-state index contributed by atoms with van der Waals surface area (Å²) in [6.45, 7) is 2.31. The van der Waals surface area contributed by atoms with Crippen molar-refractivity contribution in [2.45, 2.75) is 25.3 Å². The molecule has 76 valence electrons. The van der Waals surface area contributed by atoms with E-state index in [2.05, 4.69) is 10.2 Å². The Morgan fingerprint density at radius 2 is 2.23 bits per heavy atom. The van der Waals surface area contributed by atoms with Crippen molar-refractivity contribution in [2.75, 3.05) is 26.7 Å². The number of likely N-dealkylation sites (N-methyl/N-ethyl adjacent to an activating group) is 1. The average molecular weight is 185 g/mol. The molecule has 0 saturated heterocycles. The van der Waals surface area contributed by atoms with Crippen molar-refractivity contribution in [2.24, 2.45) is 5.73 Å². The smallest absolute Gasteiger partial charge is 0.221 e. The van der Waals surface area contributed by atoms with Crippen molar-refractivity contribution in [1.82, 2.24) is 10.2 Å². The number of carbonyl (C=O) groups excluding carboxylic acids is 1. The zero-order chi connectivity index (χ0) is 9.68. The standard InChI is InChI=1S/C9H19N3O/c1-12(7-5-10)6-4-9(13)11-8-2-3-8/h8H,2-7,10H2,1H3,(H,11,13). The second kappa shape index (κ2) is 5.19. The lowest BCUT2D eigenvalue weighted by Gasteiger charge is -2.14. The molecule has 0 aromatic heterocycles. The predicted octanol–water partition coefficient (Wildman–Crippen LogP) is -0.454.